The fourth-order valence-electron chi connectivity index (χ4n) is 2.94. The maximum atomic E-state index is 12.8. The molecule has 0 radical (unpaired) electrons. The van der Waals surface area contributed by atoms with Crippen molar-refractivity contribution in [3.63, 3.8) is 0 Å². The molecule has 1 aromatic heterocycles. The van der Waals surface area contributed by atoms with Gasteiger partial charge in [-0.25, -0.2) is 8.42 Å². The number of thiophene rings is 1. The summed E-state index contributed by atoms with van der Waals surface area (Å²) in [4.78, 5) is 14.9. The smallest absolute Gasteiger partial charge is 0.263 e. The number of nitrogens with zero attached hydrogens (tertiary/aromatic N) is 2. The number of amides is 1. The fourth-order valence-corrected chi connectivity index (χ4v) is 5.78. The molecule has 0 saturated carbocycles. The molecule has 2 aromatic rings. The molecule has 1 aliphatic rings. The number of rotatable bonds is 6. The van der Waals surface area contributed by atoms with Gasteiger partial charge in [-0.3, -0.25) is 4.79 Å². The van der Waals surface area contributed by atoms with Crippen LogP contribution in [-0.4, -0.2) is 45.8 Å². The topological polar surface area (TPSA) is 69.7 Å². The number of carbonyl (C=O) groups excluding carboxylic acids is 1. The molecule has 1 aliphatic heterocycles. The largest absolute Gasteiger partial charge is 0.378 e. The molecule has 0 spiro atoms. The number of anilines is 1. The van der Waals surface area contributed by atoms with Gasteiger partial charge in [-0.05, 0) is 42.0 Å². The molecule has 140 valence electrons. The Bertz CT molecular complexity index is 885. The average Bonchev–Trinajstić information content (AvgIpc) is 3.31. The molecule has 26 heavy (non-hydrogen) atoms. The first-order valence-electron chi connectivity index (χ1n) is 8.51. The van der Waals surface area contributed by atoms with E-state index >= 15 is 0 Å². The van der Waals surface area contributed by atoms with E-state index in [0.717, 1.165) is 35.4 Å². The summed E-state index contributed by atoms with van der Waals surface area (Å²) in [5.74, 6) is -0.354. The van der Waals surface area contributed by atoms with Gasteiger partial charge in [0.1, 0.15) is 9.77 Å². The molecule has 0 bridgehead atoms. The van der Waals surface area contributed by atoms with Crippen LogP contribution in [0.2, 0.25) is 0 Å². The Morgan fingerprint density at radius 3 is 2.65 bits per heavy atom. The van der Waals surface area contributed by atoms with E-state index in [0.29, 0.717) is 19.6 Å². The van der Waals surface area contributed by atoms with Gasteiger partial charge < -0.3 is 10.2 Å². The standard InChI is InChI=1S/C18H23N3O3S2/c1-20(2)15-7-5-6-14(12-15)13-19-18(22)17-16(8-11-25-17)26(23,24)21-9-3-4-10-21/h5-8,11-12H,3-4,9-10,13H2,1-2H3,(H,19,22). The van der Waals surface area contributed by atoms with E-state index in [1.165, 1.54) is 10.4 Å². The average molecular weight is 394 g/mol. The molecule has 1 N–H and O–H groups in total. The Morgan fingerprint density at radius 2 is 1.96 bits per heavy atom. The van der Waals surface area contributed by atoms with E-state index in [1.807, 2.05) is 43.3 Å². The van der Waals surface area contributed by atoms with Gasteiger partial charge in [-0.15, -0.1) is 11.3 Å². The molecule has 0 unspecified atom stereocenters. The third-order valence-corrected chi connectivity index (χ3v) is 7.38. The zero-order chi connectivity index (χ0) is 18.7. The predicted molar refractivity (Wildman–Crippen MR) is 104 cm³/mol. The van der Waals surface area contributed by atoms with Gasteiger partial charge in [0.25, 0.3) is 5.91 Å². The number of nitrogens with one attached hydrogen (secondary N) is 1. The summed E-state index contributed by atoms with van der Waals surface area (Å²) in [6.45, 7) is 1.40. The number of hydrogen-bond acceptors (Lipinski definition) is 5. The number of hydrogen-bond donors (Lipinski definition) is 1. The number of sulfonamides is 1. The van der Waals surface area contributed by atoms with Crippen LogP contribution in [-0.2, 0) is 16.6 Å². The number of carbonyl (C=O) groups is 1. The van der Waals surface area contributed by atoms with E-state index in [2.05, 4.69) is 5.32 Å². The first-order valence-corrected chi connectivity index (χ1v) is 10.8. The van der Waals surface area contributed by atoms with Crippen LogP contribution < -0.4 is 10.2 Å². The molecule has 1 aromatic carbocycles. The summed E-state index contributed by atoms with van der Waals surface area (Å²) in [5, 5.41) is 4.50. The summed E-state index contributed by atoms with van der Waals surface area (Å²) in [6.07, 6.45) is 1.74. The summed E-state index contributed by atoms with van der Waals surface area (Å²) in [6, 6.07) is 9.39. The molecule has 1 saturated heterocycles. The van der Waals surface area contributed by atoms with Crippen molar-refractivity contribution in [3.05, 3.63) is 46.2 Å². The van der Waals surface area contributed by atoms with Crippen LogP contribution in [0.25, 0.3) is 0 Å². The summed E-state index contributed by atoms with van der Waals surface area (Å²) >= 11 is 1.16. The van der Waals surface area contributed by atoms with Crippen LogP contribution in [0.5, 0.6) is 0 Å². The van der Waals surface area contributed by atoms with Crippen LogP contribution in [0, 0.1) is 0 Å². The van der Waals surface area contributed by atoms with Crippen molar-refractivity contribution in [2.75, 3.05) is 32.1 Å². The Labute approximate surface area is 158 Å². The summed E-state index contributed by atoms with van der Waals surface area (Å²) in [7, 11) is 0.319. The van der Waals surface area contributed by atoms with Crippen LogP contribution >= 0.6 is 11.3 Å². The Kier molecular flexibility index (Phi) is 5.64. The second-order valence-electron chi connectivity index (χ2n) is 6.47. The van der Waals surface area contributed by atoms with Crippen LogP contribution in [0.4, 0.5) is 5.69 Å². The maximum Gasteiger partial charge on any atom is 0.263 e. The monoisotopic (exact) mass is 393 g/mol. The van der Waals surface area contributed by atoms with E-state index in [4.69, 9.17) is 0 Å². The van der Waals surface area contributed by atoms with E-state index in [9.17, 15) is 13.2 Å². The lowest BCUT2D eigenvalue weighted by Gasteiger charge is -2.16. The minimum absolute atomic E-state index is 0.115. The third-order valence-electron chi connectivity index (χ3n) is 4.40. The van der Waals surface area contributed by atoms with Crippen molar-refractivity contribution >= 4 is 33.0 Å². The third kappa shape index (κ3) is 3.92. The Hall–Kier alpha value is -1.90. The van der Waals surface area contributed by atoms with E-state index in [1.54, 1.807) is 5.38 Å². The summed E-state index contributed by atoms with van der Waals surface area (Å²) in [5.41, 5.74) is 2.01. The van der Waals surface area contributed by atoms with Gasteiger partial charge in [-0.2, -0.15) is 4.31 Å². The zero-order valence-electron chi connectivity index (χ0n) is 14.9. The highest BCUT2D eigenvalue weighted by molar-refractivity contribution is 7.89. The summed E-state index contributed by atoms with van der Waals surface area (Å²) < 4.78 is 27.0. The van der Waals surface area contributed by atoms with Gasteiger partial charge >= 0.3 is 0 Å². The molecule has 3 rings (SSSR count). The van der Waals surface area contributed by atoms with Gasteiger partial charge in [-0.1, -0.05) is 12.1 Å². The van der Waals surface area contributed by atoms with Crippen LogP contribution in [0.15, 0.2) is 40.6 Å². The highest BCUT2D eigenvalue weighted by Crippen LogP contribution is 2.27. The molecule has 1 fully saturated rings. The molecular weight excluding hydrogens is 370 g/mol. The van der Waals surface area contributed by atoms with Gasteiger partial charge in [0.15, 0.2) is 0 Å². The first kappa shape index (κ1) is 18.9. The Balaban J connectivity index is 1.73. The molecule has 8 heteroatoms. The SMILES string of the molecule is CN(C)c1cccc(CNC(=O)c2sccc2S(=O)(=O)N2CCCC2)c1. The van der Waals surface area contributed by atoms with E-state index < -0.39 is 10.0 Å². The molecule has 0 atom stereocenters. The normalized spacial score (nSPS) is 15.2. The van der Waals surface area contributed by atoms with Crippen molar-refractivity contribution in [2.45, 2.75) is 24.3 Å². The van der Waals surface area contributed by atoms with Gasteiger partial charge in [0, 0.05) is 39.4 Å². The zero-order valence-corrected chi connectivity index (χ0v) is 16.6. The molecule has 6 nitrogen and oxygen atoms in total. The lowest BCUT2D eigenvalue weighted by molar-refractivity contribution is 0.0952. The predicted octanol–water partition coefficient (Wildman–Crippen LogP) is 2.53. The highest BCUT2D eigenvalue weighted by Gasteiger charge is 2.31. The highest BCUT2D eigenvalue weighted by atomic mass is 32.2. The van der Waals surface area contributed by atoms with Gasteiger partial charge in [0.05, 0.1) is 0 Å². The lowest BCUT2D eigenvalue weighted by atomic mass is 10.2. The van der Waals surface area contributed by atoms with Crippen LogP contribution in [0.3, 0.4) is 0 Å². The maximum absolute atomic E-state index is 12.8. The minimum Gasteiger partial charge on any atom is -0.378 e. The molecule has 0 aliphatic carbocycles. The lowest BCUT2D eigenvalue weighted by Crippen LogP contribution is -2.30. The van der Waals surface area contributed by atoms with Gasteiger partial charge in [0.2, 0.25) is 10.0 Å². The molecule has 2 heterocycles. The first-order chi connectivity index (χ1) is 12.4. The van der Waals surface area contributed by atoms with Crippen molar-refractivity contribution in [3.8, 4) is 0 Å². The second kappa shape index (κ2) is 7.77. The van der Waals surface area contributed by atoms with Crippen molar-refractivity contribution < 1.29 is 13.2 Å². The van der Waals surface area contributed by atoms with Crippen LogP contribution in [0.1, 0.15) is 28.1 Å². The Morgan fingerprint density at radius 1 is 1.23 bits per heavy atom. The quantitative estimate of drug-likeness (QED) is 0.819. The fraction of sp³-hybridized carbons (Fsp3) is 0.389. The minimum atomic E-state index is -3.60. The van der Waals surface area contributed by atoms with E-state index in [-0.39, 0.29) is 15.7 Å². The molecular formula is C18H23N3O3S2. The second-order valence-corrected chi connectivity index (χ2v) is 9.29. The van der Waals surface area contributed by atoms with Crippen molar-refractivity contribution in [1.82, 2.24) is 9.62 Å². The molecule has 1 amide bonds. The van der Waals surface area contributed by atoms with Crippen molar-refractivity contribution in [2.24, 2.45) is 0 Å². The number of benzene rings is 1. The van der Waals surface area contributed by atoms with Crippen molar-refractivity contribution in [1.29, 1.82) is 0 Å².